The number of piperidine rings is 1. The summed E-state index contributed by atoms with van der Waals surface area (Å²) in [6.45, 7) is 0.908. The van der Waals surface area contributed by atoms with Crippen LogP contribution >= 0.6 is 11.3 Å². The van der Waals surface area contributed by atoms with Crippen molar-refractivity contribution in [1.82, 2.24) is 14.9 Å². The van der Waals surface area contributed by atoms with E-state index in [1.165, 1.54) is 15.6 Å². The number of hydrogen-bond donors (Lipinski definition) is 2. The summed E-state index contributed by atoms with van der Waals surface area (Å²) in [6, 6.07) is 10.4. The number of amides is 2. The van der Waals surface area contributed by atoms with Crippen molar-refractivity contribution < 1.29 is 22.7 Å². The molecule has 10 heteroatoms. The molecule has 8 nitrogen and oxygen atoms in total. The van der Waals surface area contributed by atoms with Gasteiger partial charge in [0.05, 0.1) is 7.11 Å². The van der Waals surface area contributed by atoms with E-state index in [9.17, 15) is 18.0 Å². The Balaban J connectivity index is 1.48. The number of benzene rings is 1. The van der Waals surface area contributed by atoms with Gasteiger partial charge in [0, 0.05) is 25.7 Å². The van der Waals surface area contributed by atoms with Crippen molar-refractivity contribution in [3.63, 3.8) is 0 Å². The van der Waals surface area contributed by atoms with E-state index in [2.05, 4.69) is 10.6 Å². The van der Waals surface area contributed by atoms with E-state index < -0.39 is 21.8 Å². The molecule has 1 aromatic heterocycles. The smallest absolute Gasteiger partial charge is 0.309 e. The average Bonchev–Trinajstić information content (AvgIpc) is 3.34. The first-order valence-corrected chi connectivity index (χ1v) is 12.5. The van der Waals surface area contributed by atoms with Crippen molar-refractivity contribution in [1.29, 1.82) is 0 Å². The number of methoxy groups -OCH3 is 1. The van der Waals surface area contributed by atoms with Crippen LogP contribution in [0.3, 0.4) is 0 Å². The standard InChI is InChI=1S/C21H27N3O5S2/c1-29-18-8-4-6-16(14-18)15-23-21(26)20(25)22-11-10-17-7-2-3-12-24(17)31(27,28)19-9-5-13-30-19/h4-6,8-9,13-14,17H,2-3,7,10-12,15H2,1H3,(H,22,25)(H,23,26)/t17-/m0/s1. The number of nitrogens with one attached hydrogen (secondary N) is 2. The Hall–Kier alpha value is -2.43. The van der Waals surface area contributed by atoms with Crippen LogP contribution in [0.2, 0.25) is 0 Å². The summed E-state index contributed by atoms with van der Waals surface area (Å²) in [6.07, 6.45) is 2.96. The van der Waals surface area contributed by atoms with Crippen LogP contribution < -0.4 is 15.4 Å². The van der Waals surface area contributed by atoms with Crippen LogP contribution in [0, 0.1) is 0 Å². The number of carbonyl (C=O) groups excluding carboxylic acids is 2. The molecule has 2 amide bonds. The van der Waals surface area contributed by atoms with Gasteiger partial charge in [0.1, 0.15) is 9.96 Å². The molecule has 0 bridgehead atoms. The maximum absolute atomic E-state index is 12.9. The first-order valence-electron chi connectivity index (χ1n) is 10.2. The van der Waals surface area contributed by atoms with Gasteiger partial charge in [-0.3, -0.25) is 9.59 Å². The SMILES string of the molecule is COc1cccc(CNC(=O)C(=O)NCC[C@@H]2CCCCN2S(=O)(=O)c2cccs2)c1. The van der Waals surface area contributed by atoms with Gasteiger partial charge in [-0.25, -0.2) is 8.42 Å². The zero-order chi connectivity index (χ0) is 22.3. The van der Waals surface area contributed by atoms with E-state index in [1.807, 2.05) is 6.07 Å². The molecule has 1 fully saturated rings. The maximum Gasteiger partial charge on any atom is 0.309 e. The molecule has 0 unspecified atom stereocenters. The molecule has 2 heterocycles. The van der Waals surface area contributed by atoms with E-state index in [-0.39, 0.29) is 19.1 Å². The summed E-state index contributed by atoms with van der Waals surface area (Å²) >= 11 is 1.20. The molecular weight excluding hydrogens is 438 g/mol. The molecule has 3 rings (SSSR count). The highest BCUT2D eigenvalue weighted by Crippen LogP contribution is 2.29. The second-order valence-corrected chi connectivity index (χ2v) is 10.3. The fraction of sp³-hybridized carbons (Fsp3) is 0.429. The summed E-state index contributed by atoms with van der Waals surface area (Å²) in [5, 5.41) is 6.93. The van der Waals surface area contributed by atoms with E-state index in [4.69, 9.17) is 4.74 Å². The Kier molecular flexibility index (Phi) is 8.05. The van der Waals surface area contributed by atoms with Crippen LogP contribution in [0.5, 0.6) is 5.75 Å². The van der Waals surface area contributed by atoms with Crippen LogP contribution in [-0.2, 0) is 26.2 Å². The van der Waals surface area contributed by atoms with Crippen LogP contribution in [0.15, 0.2) is 46.0 Å². The number of rotatable bonds is 8. The molecule has 1 aliphatic heterocycles. The lowest BCUT2D eigenvalue weighted by atomic mass is 10.0. The molecule has 0 spiro atoms. The van der Waals surface area contributed by atoms with Gasteiger partial charge in [-0.2, -0.15) is 4.31 Å². The summed E-state index contributed by atoms with van der Waals surface area (Å²) in [5.74, 6) is -0.786. The van der Waals surface area contributed by atoms with Gasteiger partial charge < -0.3 is 15.4 Å². The molecule has 31 heavy (non-hydrogen) atoms. The fourth-order valence-electron chi connectivity index (χ4n) is 3.58. The number of sulfonamides is 1. The molecule has 0 saturated carbocycles. The van der Waals surface area contributed by atoms with Crippen molar-refractivity contribution in [2.45, 2.75) is 42.5 Å². The van der Waals surface area contributed by atoms with Gasteiger partial charge in [0.15, 0.2) is 0 Å². The Bertz CT molecular complexity index is 992. The van der Waals surface area contributed by atoms with Crippen LogP contribution in [-0.4, -0.2) is 50.8 Å². The van der Waals surface area contributed by atoms with Crippen LogP contribution in [0.25, 0.3) is 0 Å². The summed E-state index contributed by atoms with van der Waals surface area (Å²) in [4.78, 5) is 24.2. The highest BCUT2D eigenvalue weighted by molar-refractivity contribution is 7.91. The third-order valence-corrected chi connectivity index (χ3v) is 8.51. The Labute approximate surface area is 186 Å². The maximum atomic E-state index is 12.9. The molecule has 2 N–H and O–H groups in total. The number of thiophene rings is 1. The molecule has 168 valence electrons. The van der Waals surface area contributed by atoms with Gasteiger partial charge >= 0.3 is 11.8 Å². The summed E-state index contributed by atoms with van der Waals surface area (Å²) < 4.78 is 32.8. The molecule has 1 saturated heterocycles. The van der Waals surface area contributed by atoms with Crippen molar-refractivity contribution in [2.75, 3.05) is 20.2 Å². The first kappa shape index (κ1) is 23.2. The second-order valence-electron chi connectivity index (χ2n) is 7.28. The largest absolute Gasteiger partial charge is 0.497 e. The topological polar surface area (TPSA) is 105 Å². The number of carbonyl (C=O) groups is 2. The zero-order valence-corrected chi connectivity index (χ0v) is 19.0. The van der Waals surface area contributed by atoms with Crippen molar-refractivity contribution >= 4 is 33.2 Å². The molecule has 0 aliphatic carbocycles. The lowest BCUT2D eigenvalue weighted by Gasteiger charge is -2.34. The fourth-order valence-corrected chi connectivity index (χ4v) is 6.43. The third-order valence-electron chi connectivity index (χ3n) is 5.19. The predicted molar refractivity (Wildman–Crippen MR) is 118 cm³/mol. The van der Waals surface area contributed by atoms with E-state index >= 15 is 0 Å². The third kappa shape index (κ3) is 6.05. The normalized spacial score (nSPS) is 17.1. The van der Waals surface area contributed by atoms with Crippen molar-refractivity contribution in [3.8, 4) is 5.75 Å². The minimum atomic E-state index is -3.53. The van der Waals surface area contributed by atoms with E-state index in [1.54, 1.807) is 42.8 Å². The Morgan fingerprint density at radius 2 is 1.97 bits per heavy atom. The van der Waals surface area contributed by atoms with Crippen LogP contribution in [0.4, 0.5) is 0 Å². The first-order chi connectivity index (χ1) is 14.9. The second kappa shape index (κ2) is 10.7. The highest BCUT2D eigenvalue weighted by Gasteiger charge is 2.33. The molecule has 2 aromatic rings. The van der Waals surface area contributed by atoms with Crippen molar-refractivity contribution in [2.24, 2.45) is 0 Å². The average molecular weight is 466 g/mol. The van der Waals surface area contributed by atoms with Crippen molar-refractivity contribution in [3.05, 3.63) is 47.3 Å². The molecular formula is C21H27N3O5S2. The van der Waals surface area contributed by atoms with Gasteiger partial charge in [-0.15, -0.1) is 11.3 Å². The Morgan fingerprint density at radius 1 is 1.16 bits per heavy atom. The number of ether oxygens (including phenoxy) is 1. The number of hydrogen-bond acceptors (Lipinski definition) is 6. The van der Waals surface area contributed by atoms with Gasteiger partial charge in [0.25, 0.3) is 10.0 Å². The van der Waals surface area contributed by atoms with E-state index in [0.717, 1.165) is 24.8 Å². The lowest BCUT2D eigenvalue weighted by Crippen LogP contribution is -2.46. The zero-order valence-electron chi connectivity index (χ0n) is 17.4. The molecule has 1 aromatic carbocycles. The van der Waals surface area contributed by atoms with Gasteiger partial charge in [0.2, 0.25) is 0 Å². The minimum Gasteiger partial charge on any atom is -0.497 e. The van der Waals surface area contributed by atoms with E-state index in [0.29, 0.717) is 22.9 Å². The predicted octanol–water partition coefficient (Wildman–Crippen LogP) is 2.12. The number of nitrogens with zero attached hydrogens (tertiary/aromatic N) is 1. The Morgan fingerprint density at radius 3 is 2.71 bits per heavy atom. The lowest BCUT2D eigenvalue weighted by molar-refractivity contribution is -0.139. The monoisotopic (exact) mass is 465 g/mol. The molecule has 1 atom stereocenters. The molecule has 1 aliphatic rings. The quantitative estimate of drug-likeness (QED) is 0.581. The van der Waals surface area contributed by atoms with Crippen LogP contribution in [0.1, 0.15) is 31.2 Å². The molecule has 0 radical (unpaired) electrons. The van der Waals surface area contributed by atoms with Gasteiger partial charge in [-0.1, -0.05) is 24.6 Å². The summed E-state index contributed by atoms with van der Waals surface area (Å²) in [5.41, 5.74) is 0.817. The highest BCUT2D eigenvalue weighted by atomic mass is 32.2. The summed E-state index contributed by atoms with van der Waals surface area (Å²) in [7, 11) is -1.97. The van der Waals surface area contributed by atoms with Gasteiger partial charge in [-0.05, 0) is 48.4 Å². The minimum absolute atomic E-state index is 0.194.